The Morgan fingerprint density at radius 2 is 1.47 bits per heavy atom. The van der Waals surface area contributed by atoms with Crippen LogP contribution in [0.4, 0.5) is 8.78 Å². The van der Waals surface area contributed by atoms with Gasteiger partial charge in [0.05, 0.1) is 15.1 Å². The molecule has 0 aliphatic heterocycles. The second-order valence-corrected chi connectivity index (χ2v) is 5.38. The van der Waals surface area contributed by atoms with Crippen LogP contribution >= 0.6 is 46.4 Å². The molecule has 2 aromatic carbocycles. The monoisotopic (exact) mass is 340 g/mol. The fraction of sp³-hybridized carbons (Fsp3) is 0.0769. The summed E-state index contributed by atoms with van der Waals surface area (Å²) in [6.07, 6.45) is -2.67. The van der Waals surface area contributed by atoms with Crippen molar-refractivity contribution >= 4 is 46.4 Å². The Balaban J connectivity index is 2.78. The van der Waals surface area contributed by atoms with Gasteiger partial charge in [-0.25, -0.2) is 8.78 Å². The van der Waals surface area contributed by atoms with Crippen molar-refractivity contribution in [3.63, 3.8) is 0 Å². The van der Waals surface area contributed by atoms with Crippen molar-refractivity contribution in [1.82, 2.24) is 0 Å². The third-order valence-corrected chi connectivity index (χ3v) is 3.92. The Hall–Kier alpha value is -0.540. The molecule has 0 saturated carbocycles. The summed E-state index contributed by atoms with van der Waals surface area (Å²) in [5.41, 5.74) is 0.240. The van der Waals surface area contributed by atoms with Gasteiger partial charge in [-0.1, -0.05) is 52.5 Å². The zero-order chi connectivity index (χ0) is 14.2. The van der Waals surface area contributed by atoms with Gasteiger partial charge >= 0.3 is 0 Å². The van der Waals surface area contributed by atoms with E-state index >= 15 is 0 Å². The molecule has 6 heteroatoms. The first-order valence-electron chi connectivity index (χ1n) is 5.13. The SMILES string of the molecule is FC(F)c1ccc(Cl)cc1-c1c(Cl)ccc(Cl)c1Cl. The summed E-state index contributed by atoms with van der Waals surface area (Å²) in [5.74, 6) is 0. The summed E-state index contributed by atoms with van der Waals surface area (Å²) < 4.78 is 26.1. The quantitative estimate of drug-likeness (QED) is 0.521. The predicted octanol–water partition coefficient (Wildman–Crippen LogP) is 6.90. The Morgan fingerprint density at radius 1 is 0.842 bits per heavy atom. The summed E-state index contributed by atoms with van der Waals surface area (Å²) >= 11 is 23.8. The van der Waals surface area contributed by atoms with Crippen LogP contribution in [0.5, 0.6) is 0 Å². The molecule has 0 heterocycles. The smallest absolute Gasteiger partial charge is 0.205 e. The van der Waals surface area contributed by atoms with Gasteiger partial charge in [-0.3, -0.25) is 0 Å². The molecule has 19 heavy (non-hydrogen) atoms. The van der Waals surface area contributed by atoms with Gasteiger partial charge in [-0.15, -0.1) is 0 Å². The molecule has 0 atom stereocenters. The van der Waals surface area contributed by atoms with Crippen LogP contribution in [0, 0.1) is 0 Å². The van der Waals surface area contributed by atoms with Gasteiger partial charge in [0.15, 0.2) is 0 Å². The summed E-state index contributed by atoms with van der Waals surface area (Å²) in [6, 6.07) is 7.03. The minimum atomic E-state index is -2.67. The van der Waals surface area contributed by atoms with E-state index in [2.05, 4.69) is 0 Å². The predicted molar refractivity (Wildman–Crippen MR) is 76.9 cm³/mol. The van der Waals surface area contributed by atoms with Crippen molar-refractivity contribution < 1.29 is 8.78 Å². The number of benzene rings is 2. The molecular weight excluding hydrogens is 336 g/mol. The third-order valence-electron chi connectivity index (χ3n) is 2.56. The van der Waals surface area contributed by atoms with E-state index in [1.54, 1.807) is 0 Å². The molecule has 0 fully saturated rings. The lowest BCUT2D eigenvalue weighted by Gasteiger charge is -2.13. The van der Waals surface area contributed by atoms with Crippen molar-refractivity contribution in [3.8, 4) is 11.1 Å². The average molecular weight is 342 g/mol. The fourth-order valence-corrected chi connectivity index (χ4v) is 2.61. The van der Waals surface area contributed by atoms with Crippen LogP contribution in [-0.2, 0) is 0 Å². The van der Waals surface area contributed by atoms with Crippen LogP contribution in [0.2, 0.25) is 20.1 Å². The molecule has 0 nitrogen and oxygen atoms in total. The third kappa shape index (κ3) is 2.97. The average Bonchev–Trinajstić information content (AvgIpc) is 2.34. The van der Waals surface area contributed by atoms with E-state index in [0.29, 0.717) is 5.02 Å². The van der Waals surface area contributed by atoms with Crippen molar-refractivity contribution in [2.75, 3.05) is 0 Å². The number of hydrogen-bond acceptors (Lipinski definition) is 0. The van der Waals surface area contributed by atoms with Crippen LogP contribution in [0.3, 0.4) is 0 Å². The molecule has 0 bridgehead atoms. The van der Waals surface area contributed by atoms with Gasteiger partial charge in [-0.2, -0.15) is 0 Å². The minimum Gasteiger partial charge on any atom is -0.205 e. The number of rotatable bonds is 2. The van der Waals surface area contributed by atoms with E-state index in [4.69, 9.17) is 46.4 Å². The second kappa shape index (κ2) is 5.84. The molecule has 0 aromatic heterocycles. The topological polar surface area (TPSA) is 0 Å². The van der Waals surface area contributed by atoms with E-state index in [0.717, 1.165) is 0 Å². The maximum Gasteiger partial charge on any atom is 0.264 e. The lowest BCUT2D eigenvalue weighted by molar-refractivity contribution is 0.152. The molecule has 2 rings (SSSR count). The first-order chi connectivity index (χ1) is 8.91. The minimum absolute atomic E-state index is 0.123. The maximum absolute atomic E-state index is 13.0. The lowest BCUT2D eigenvalue weighted by Crippen LogP contribution is -1.92. The van der Waals surface area contributed by atoms with E-state index in [9.17, 15) is 8.78 Å². The Bertz CT molecular complexity index is 626. The normalized spacial score (nSPS) is 11.1. The molecule has 0 spiro atoms. The summed E-state index contributed by atoms with van der Waals surface area (Å²) in [5, 5.41) is 0.907. The highest BCUT2D eigenvalue weighted by molar-refractivity contribution is 6.46. The maximum atomic E-state index is 13.0. The number of hydrogen-bond donors (Lipinski definition) is 0. The molecule has 0 radical (unpaired) electrons. The molecule has 0 N–H and O–H groups in total. The van der Waals surface area contributed by atoms with Crippen molar-refractivity contribution in [2.45, 2.75) is 6.43 Å². The van der Waals surface area contributed by atoms with E-state index in [1.165, 1.54) is 30.3 Å². The van der Waals surface area contributed by atoms with Gasteiger partial charge in [0.2, 0.25) is 0 Å². The second-order valence-electron chi connectivity index (χ2n) is 3.75. The van der Waals surface area contributed by atoms with Gasteiger partial charge in [0.25, 0.3) is 6.43 Å². The first kappa shape index (κ1) is 14.9. The number of halogens is 6. The molecule has 0 amide bonds. The summed E-state index contributed by atoms with van der Waals surface area (Å²) in [7, 11) is 0. The zero-order valence-corrected chi connectivity index (χ0v) is 12.3. The first-order valence-corrected chi connectivity index (χ1v) is 6.64. The highest BCUT2D eigenvalue weighted by atomic mass is 35.5. The van der Waals surface area contributed by atoms with Crippen LogP contribution in [0.25, 0.3) is 11.1 Å². The molecule has 0 saturated heterocycles. The molecular formula is C13H6Cl4F2. The zero-order valence-electron chi connectivity index (χ0n) is 9.23. The summed E-state index contributed by atoms with van der Waals surface area (Å²) in [6.45, 7) is 0. The Morgan fingerprint density at radius 3 is 2.11 bits per heavy atom. The number of alkyl halides is 2. The van der Waals surface area contributed by atoms with Crippen LogP contribution in [-0.4, -0.2) is 0 Å². The summed E-state index contributed by atoms with van der Waals surface area (Å²) in [4.78, 5) is 0. The largest absolute Gasteiger partial charge is 0.264 e. The molecule has 100 valence electrons. The van der Waals surface area contributed by atoms with Gasteiger partial charge in [-0.05, 0) is 29.8 Å². The molecule has 0 aliphatic carbocycles. The van der Waals surface area contributed by atoms with Gasteiger partial charge in [0.1, 0.15) is 0 Å². The van der Waals surface area contributed by atoms with Gasteiger partial charge in [0, 0.05) is 16.1 Å². The Kier molecular flexibility index (Phi) is 4.57. The Labute approximate surface area is 128 Å². The lowest BCUT2D eigenvalue weighted by atomic mass is 9.99. The van der Waals surface area contributed by atoms with Crippen molar-refractivity contribution in [1.29, 1.82) is 0 Å². The molecule has 0 unspecified atom stereocenters. The fourth-order valence-electron chi connectivity index (χ4n) is 1.71. The standard InChI is InChI=1S/C13H6Cl4F2/c14-6-1-2-7(13(18)19)8(5-6)11-9(15)3-4-10(16)12(11)17/h1-5,13H. The van der Waals surface area contributed by atoms with Crippen LogP contribution < -0.4 is 0 Å². The van der Waals surface area contributed by atoms with Crippen LogP contribution in [0.15, 0.2) is 30.3 Å². The van der Waals surface area contributed by atoms with Crippen molar-refractivity contribution in [2.24, 2.45) is 0 Å². The van der Waals surface area contributed by atoms with Crippen molar-refractivity contribution in [3.05, 3.63) is 56.0 Å². The molecule has 0 aliphatic rings. The van der Waals surface area contributed by atoms with E-state index in [-0.39, 0.29) is 31.8 Å². The van der Waals surface area contributed by atoms with Crippen LogP contribution in [0.1, 0.15) is 12.0 Å². The van der Waals surface area contributed by atoms with E-state index < -0.39 is 6.43 Å². The van der Waals surface area contributed by atoms with Gasteiger partial charge < -0.3 is 0 Å². The highest BCUT2D eigenvalue weighted by Gasteiger charge is 2.20. The molecule has 2 aromatic rings. The highest BCUT2D eigenvalue weighted by Crippen LogP contribution is 2.43. The van der Waals surface area contributed by atoms with E-state index in [1.807, 2.05) is 0 Å².